The Kier molecular flexibility index (Phi) is 3.34. The average molecular weight is 235 g/mol. The van der Waals surface area contributed by atoms with E-state index in [0.717, 1.165) is 11.3 Å². The fourth-order valence-electron chi connectivity index (χ4n) is 1.28. The maximum Gasteiger partial charge on any atom is 0.227 e. The summed E-state index contributed by atoms with van der Waals surface area (Å²) in [6.07, 6.45) is 3.09. The van der Waals surface area contributed by atoms with Gasteiger partial charge in [0.25, 0.3) is 0 Å². The van der Waals surface area contributed by atoms with Crippen molar-refractivity contribution in [1.29, 1.82) is 0 Å². The Hall–Kier alpha value is -1.65. The lowest BCUT2D eigenvalue weighted by molar-refractivity contribution is 1.07. The molecule has 0 atom stereocenters. The second-order valence-corrected chi connectivity index (χ2v) is 3.69. The molecule has 2 aromatic rings. The highest BCUT2D eigenvalue weighted by Crippen LogP contribution is 2.15. The first-order valence-electron chi connectivity index (χ1n) is 4.81. The van der Waals surface area contributed by atoms with Gasteiger partial charge in [0.05, 0.1) is 17.4 Å². The first kappa shape index (κ1) is 10.9. The molecule has 0 aliphatic rings. The third-order valence-corrected chi connectivity index (χ3v) is 2.23. The molecule has 0 bridgehead atoms. The number of rotatable bonds is 3. The van der Waals surface area contributed by atoms with Gasteiger partial charge in [-0.15, -0.1) is 0 Å². The van der Waals surface area contributed by atoms with E-state index < -0.39 is 0 Å². The Morgan fingerprint density at radius 2 is 2.00 bits per heavy atom. The van der Waals surface area contributed by atoms with Crippen molar-refractivity contribution in [2.45, 2.75) is 6.54 Å². The summed E-state index contributed by atoms with van der Waals surface area (Å²) in [5.74, 6) is 0.513. The normalized spacial score (nSPS) is 10.1. The predicted octanol–water partition coefficient (Wildman–Crippen LogP) is 2.33. The molecule has 0 radical (unpaired) electrons. The fraction of sp³-hybridized carbons (Fsp3) is 0.0909. The Bertz CT molecular complexity index is 470. The maximum absolute atomic E-state index is 5.69. The molecule has 0 saturated carbocycles. The summed E-state index contributed by atoms with van der Waals surface area (Å²) >= 11 is 5.69. The van der Waals surface area contributed by atoms with E-state index in [9.17, 15) is 0 Å². The highest BCUT2D eigenvalue weighted by Gasteiger charge is 1.98. The minimum absolute atomic E-state index is 0.511. The molecule has 0 saturated heterocycles. The number of nitrogens with zero attached hydrogens (tertiary/aromatic N) is 2. The van der Waals surface area contributed by atoms with Crippen molar-refractivity contribution >= 4 is 23.2 Å². The maximum atomic E-state index is 5.69. The van der Waals surface area contributed by atoms with E-state index >= 15 is 0 Å². The molecule has 0 fully saturated rings. The lowest BCUT2D eigenvalue weighted by Gasteiger charge is -2.05. The zero-order valence-electron chi connectivity index (χ0n) is 8.52. The predicted molar refractivity (Wildman–Crippen MR) is 64.7 cm³/mol. The monoisotopic (exact) mass is 234 g/mol. The standard InChI is InChI=1S/C11H11ClN4/c12-9-6-14-11(15-7-9)16-10-3-1-2-8(4-10)5-13/h1-4,6-7H,5,13H2,(H,14,15,16). The molecular formula is C11H11ClN4. The molecule has 0 spiro atoms. The molecule has 5 heteroatoms. The minimum Gasteiger partial charge on any atom is -0.326 e. The van der Waals surface area contributed by atoms with Crippen LogP contribution in [0.5, 0.6) is 0 Å². The summed E-state index contributed by atoms with van der Waals surface area (Å²) in [6.45, 7) is 0.511. The quantitative estimate of drug-likeness (QED) is 0.856. The van der Waals surface area contributed by atoms with Crippen LogP contribution in [0.2, 0.25) is 5.02 Å². The molecular weight excluding hydrogens is 224 g/mol. The number of nitrogens with one attached hydrogen (secondary N) is 1. The number of hydrogen-bond acceptors (Lipinski definition) is 4. The van der Waals surface area contributed by atoms with Gasteiger partial charge >= 0.3 is 0 Å². The van der Waals surface area contributed by atoms with Gasteiger partial charge in [-0.25, -0.2) is 9.97 Å². The third kappa shape index (κ3) is 2.68. The van der Waals surface area contributed by atoms with Crippen LogP contribution in [0.25, 0.3) is 0 Å². The van der Waals surface area contributed by atoms with Crippen LogP contribution in [0.15, 0.2) is 36.7 Å². The molecule has 2 rings (SSSR count). The zero-order valence-corrected chi connectivity index (χ0v) is 9.28. The van der Waals surface area contributed by atoms with Crippen molar-refractivity contribution in [3.8, 4) is 0 Å². The molecule has 1 aromatic carbocycles. The van der Waals surface area contributed by atoms with Gasteiger partial charge in [-0.2, -0.15) is 0 Å². The average Bonchev–Trinajstić information content (AvgIpc) is 2.32. The Morgan fingerprint density at radius 3 is 2.69 bits per heavy atom. The number of hydrogen-bond donors (Lipinski definition) is 2. The number of nitrogens with two attached hydrogens (primary N) is 1. The van der Waals surface area contributed by atoms with Crippen molar-refractivity contribution in [1.82, 2.24) is 9.97 Å². The van der Waals surface area contributed by atoms with Crippen molar-refractivity contribution in [2.24, 2.45) is 5.73 Å². The van der Waals surface area contributed by atoms with Crippen LogP contribution in [0.4, 0.5) is 11.6 Å². The van der Waals surface area contributed by atoms with E-state index in [1.807, 2.05) is 24.3 Å². The molecule has 0 aliphatic carbocycles. The SMILES string of the molecule is NCc1cccc(Nc2ncc(Cl)cn2)c1. The van der Waals surface area contributed by atoms with Gasteiger partial charge in [0, 0.05) is 12.2 Å². The largest absolute Gasteiger partial charge is 0.326 e. The molecule has 16 heavy (non-hydrogen) atoms. The lowest BCUT2D eigenvalue weighted by atomic mass is 10.2. The van der Waals surface area contributed by atoms with E-state index in [2.05, 4.69) is 15.3 Å². The van der Waals surface area contributed by atoms with Crippen LogP contribution in [-0.2, 0) is 6.54 Å². The van der Waals surface area contributed by atoms with Crippen molar-refractivity contribution in [3.63, 3.8) is 0 Å². The molecule has 82 valence electrons. The summed E-state index contributed by atoms with van der Waals surface area (Å²) in [5.41, 5.74) is 7.52. The summed E-state index contributed by atoms with van der Waals surface area (Å²) in [7, 11) is 0. The molecule has 3 N–H and O–H groups in total. The first-order chi connectivity index (χ1) is 7.78. The number of halogens is 1. The Balaban J connectivity index is 2.16. The summed E-state index contributed by atoms with van der Waals surface area (Å²) in [5, 5.41) is 3.58. The van der Waals surface area contributed by atoms with Crippen LogP contribution in [0.3, 0.4) is 0 Å². The van der Waals surface area contributed by atoms with Gasteiger partial charge in [-0.05, 0) is 17.7 Å². The number of benzene rings is 1. The first-order valence-corrected chi connectivity index (χ1v) is 5.19. The van der Waals surface area contributed by atoms with Gasteiger partial charge in [-0.1, -0.05) is 23.7 Å². The van der Waals surface area contributed by atoms with E-state index in [-0.39, 0.29) is 0 Å². The molecule has 0 aliphatic heterocycles. The van der Waals surface area contributed by atoms with Crippen molar-refractivity contribution in [3.05, 3.63) is 47.2 Å². The van der Waals surface area contributed by atoms with Crippen LogP contribution in [0.1, 0.15) is 5.56 Å². The van der Waals surface area contributed by atoms with Crippen LogP contribution < -0.4 is 11.1 Å². The molecule has 0 unspecified atom stereocenters. The smallest absolute Gasteiger partial charge is 0.227 e. The topological polar surface area (TPSA) is 63.8 Å². The van der Waals surface area contributed by atoms with Crippen LogP contribution in [0, 0.1) is 0 Å². The van der Waals surface area contributed by atoms with Gasteiger partial charge in [0.1, 0.15) is 0 Å². The minimum atomic E-state index is 0.511. The van der Waals surface area contributed by atoms with Gasteiger partial charge < -0.3 is 11.1 Å². The highest BCUT2D eigenvalue weighted by atomic mass is 35.5. The molecule has 0 amide bonds. The second kappa shape index (κ2) is 4.92. The molecule has 1 aromatic heterocycles. The summed E-state index contributed by atoms with van der Waals surface area (Å²) < 4.78 is 0. The van der Waals surface area contributed by atoms with Crippen molar-refractivity contribution < 1.29 is 0 Å². The van der Waals surface area contributed by atoms with Gasteiger partial charge in [0.15, 0.2) is 0 Å². The molecule has 4 nitrogen and oxygen atoms in total. The molecule has 1 heterocycles. The van der Waals surface area contributed by atoms with Gasteiger partial charge in [0.2, 0.25) is 5.95 Å². The second-order valence-electron chi connectivity index (χ2n) is 3.25. The fourth-order valence-corrected chi connectivity index (χ4v) is 1.38. The van der Waals surface area contributed by atoms with Crippen molar-refractivity contribution in [2.75, 3.05) is 5.32 Å². The van der Waals surface area contributed by atoms with Crippen LogP contribution >= 0.6 is 11.6 Å². The summed E-state index contributed by atoms with van der Waals surface area (Å²) in [4.78, 5) is 8.09. The van der Waals surface area contributed by atoms with E-state index in [4.69, 9.17) is 17.3 Å². The Morgan fingerprint density at radius 1 is 1.25 bits per heavy atom. The lowest BCUT2D eigenvalue weighted by Crippen LogP contribution is -1.99. The van der Waals surface area contributed by atoms with E-state index in [0.29, 0.717) is 17.5 Å². The van der Waals surface area contributed by atoms with E-state index in [1.54, 1.807) is 12.4 Å². The third-order valence-electron chi connectivity index (χ3n) is 2.04. The van der Waals surface area contributed by atoms with Crippen LogP contribution in [-0.4, -0.2) is 9.97 Å². The summed E-state index contributed by atoms with van der Waals surface area (Å²) in [6, 6.07) is 7.78. The van der Waals surface area contributed by atoms with E-state index in [1.165, 1.54) is 0 Å². The number of anilines is 2. The van der Waals surface area contributed by atoms with Gasteiger partial charge in [-0.3, -0.25) is 0 Å². The number of aromatic nitrogens is 2. The zero-order chi connectivity index (χ0) is 11.4. The highest BCUT2D eigenvalue weighted by molar-refractivity contribution is 6.30. The Labute approximate surface area is 98.5 Å².